The average Bonchev–Trinajstić information content (AvgIpc) is 2.67. The highest BCUT2D eigenvalue weighted by molar-refractivity contribution is 5.98. The van der Waals surface area contributed by atoms with E-state index in [4.69, 9.17) is 14.7 Å². The number of amides is 1. The topological polar surface area (TPSA) is 79.6 Å². The quantitative estimate of drug-likeness (QED) is 0.725. The van der Waals surface area contributed by atoms with Crippen LogP contribution in [0.25, 0.3) is 0 Å². The molecule has 0 atom stereocenters. The Morgan fingerprint density at radius 2 is 1.76 bits per heavy atom. The van der Waals surface area contributed by atoms with Crippen LogP contribution in [-0.4, -0.2) is 32.1 Å². The zero-order valence-corrected chi connectivity index (χ0v) is 13.8. The molecular weight excluding hydrogens is 320 g/mol. The molecule has 25 heavy (non-hydrogen) atoms. The van der Waals surface area contributed by atoms with Crippen molar-refractivity contribution in [1.82, 2.24) is 0 Å². The number of rotatable bonds is 7. The number of anilines is 1. The Morgan fingerprint density at radius 3 is 2.44 bits per heavy atom. The molecule has 0 N–H and O–H groups in total. The second-order valence-electron chi connectivity index (χ2n) is 5.07. The van der Waals surface area contributed by atoms with Crippen LogP contribution in [0.5, 0.6) is 5.75 Å². The number of esters is 1. The van der Waals surface area contributed by atoms with E-state index in [1.807, 2.05) is 12.1 Å². The van der Waals surface area contributed by atoms with E-state index in [-0.39, 0.29) is 18.5 Å². The van der Waals surface area contributed by atoms with E-state index in [0.717, 1.165) is 0 Å². The SMILES string of the molecule is COc1ccccc1C(=O)OCC(=O)N(CCC#N)c1ccccc1. The van der Waals surface area contributed by atoms with Crippen LogP contribution in [0.2, 0.25) is 0 Å². The van der Waals surface area contributed by atoms with Crippen molar-refractivity contribution in [2.45, 2.75) is 6.42 Å². The molecule has 1 amide bonds. The fourth-order valence-corrected chi connectivity index (χ4v) is 2.26. The molecule has 6 heteroatoms. The zero-order chi connectivity index (χ0) is 18.1. The molecule has 0 bridgehead atoms. The molecule has 0 aliphatic heterocycles. The lowest BCUT2D eigenvalue weighted by molar-refractivity contribution is -0.121. The Bertz CT molecular complexity index is 768. The summed E-state index contributed by atoms with van der Waals surface area (Å²) in [4.78, 5) is 26.1. The van der Waals surface area contributed by atoms with Gasteiger partial charge in [-0.05, 0) is 24.3 Å². The van der Waals surface area contributed by atoms with Crippen LogP contribution in [0.4, 0.5) is 5.69 Å². The number of carbonyl (C=O) groups excluding carboxylic acids is 2. The lowest BCUT2D eigenvalue weighted by Gasteiger charge is -2.21. The molecule has 0 aliphatic rings. The van der Waals surface area contributed by atoms with Crippen LogP contribution in [-0.2, 0) is 9.53 Å². The van der Waals surface area contributed by atoms with Crippen molar-refractivity contribution in [1.29, 1.82) is 5.26 Å². The summed E-state index contributed by atoms with van der Waals surface area (Å²) in [6.45, 7) is -0.192. The molecule has 0 heterocycles. The zero-order valence-electron chi connectivity index (χ0n) is 13.8. The minimum absolute atomic E-state index is 0.182. The van der Waals surface area contributed by atoms with Crippen molar-refractivity contribution in [3.05, 3.63) is 60.2 Å². The summed E-state index contributed by atoms with van der Waals surface area (Å²) in [5, 5.41) is 8.78. The highest BCUT2D eigenvalue weighted by Gasteiger charge is 2.19. The maximum absolute atomic E-state index is 12.4. The number of carbonyl (C=O) groups is 2. The fourth-order valence-electron chi connectivity index (χ4n) is 2.26. The van der Waals surface area contributed by atoms with Crippen LogP contribution in [0, 0.1) is 11.3 Å². The van der Waals surface area contributed by atoms with Crippen molar-refractivity contribution in [2.75, 3.05) is 25.2 Å². The lowest BCUT2D eigenvalue weighted by atomic mass is 10.2. The highest BCUT2D eigenvalue weighted by atomic mass is 16.5. The second-order valence-corrected chi connectivity index (χ2v) is 5.07. The number of benzene rings is 2. The minimum atomic E-state index is -0.640. The van der Waals surface area contributed by atoms with Crippen molar-refractivity contribution in [3.8, 4) is 11.8 Å². The highest BCUT2D eigenvalue weighted by Crippen LogP contribution is 2.19. The maximum Gasteiger partial charge on any atom is 0.342 e. The molecule has 0 saturated heterocycles. The smallest absolute Gasteiger partial charge is 0.342 e. The normalized spacial score (nSPS) is 9.76. The average molecular weight is 338 g/mol. The van der Waals surface area contributed by atoms with Gasteiger partial charge in [0.05, 0.1) is 19.6 Å². The van der Waals surface area contributed by atoms with E-state index in [0.29, 0.717) is 11.4 Å². The first-order valence-electron chi connectivity index (χ1n) is 7.70. The van der Waals surface area contributed by atoms with Gasteiger partial charge in [0.15, 0.2) is 6.61 Å². The molecule has 6 nitrogen and oxygen atoms in total. The maximum atomic E-state index is 12.4. The third kappa shape index (κ3) is 4.82. The summed E-state index contributed by atoms with van der Waals surface area (Å²) in [6.07, 6.45) is 0.182. The molecule has 0 aromatic heterocycles. The molecular formula is C19H18N2O4. The Labute approximate surface area is 146 Å². The minimum Gasteiger partial charge on any atom is -0.496 e. The molecule has 0 radical (unpaired) electrons. The summed E-state index contributed by atoms with van der Waals surface area (Å²) >= 11 is 0. The van der Waals surface area contributed by atoms with E-state index >= 15 is 0 Å². The first-order valence-corrected chi connectivity index (χ1v) is 7.70. The van der Waals surface area contributed by atoms with Crippen LogP contribution in [0.3, 0.4) is 0 Å². The van der Waals surface area contributed by atoms with Crippen molar-refractivity contribution >= 4 is 17.6 Å². The van der Waals surface area contributed by atoms with E-state index in [1.165, 1.54) is 12.0 Å². The molecule has 2 rings (SSSR count). The predicted molar refractivity (Wildman–Crippen MR) is 92.3 cm³/mol. The number of hydrogen-bond donors (Lipinski definition) is 0. The van der Waals surface area contributed by atoms with Crippen LogP contribution in [0.1, 0.15) is 16.8 Å². The largest absolute Gasteiger partial charge is 0.496 e. The Balaban J connectivity index is 2.06. The molecule has 0 saturated carbocycles. The van der Waals surface area contributed by atoms with Gasteiger partial charge < -0.3 is 14.4 Å². The second kappa shape index (κ2) is 9.08. The van der Waals surface area contributed by atoms with Gasteiger partial charge in [-0.15, -0.1) is 0 Å². The van der Waals surface area contributed by atoms with Crippen molar-refractivity contribution in [3.63, 3.8) is 0 Å². The summed E-state index contributed by atoms with van der Waals surface area (Å²) in [5.74, 6) is -0.659. The Kier molecular flexibility index (Phi) is 6.55. The van der Waals surface area contributed by atoms with Gasteiger partial charge in [0.25, 0.3) is 5.91 Å². The Morgan fingerprint density at radius 1 is 1.08 bits per heavy atom. The number of nitrogens with zero attached hydrogens (tertiary/aromatic N) is 2. The fraction of sp³-hybridized carbons (Fsp3) is 0.211. The van der Waals surface area contributed by atoms with Gasteiger partial charge in [0.1, 0.15) is 11.3 Å². The molecule has 0 fully saturated rings. The molecule has 0 aliphatic carbocycles. The third-order valence-corrected chi connectivity index (χ3v) is 3.47. The molecule has 2 aromatic carbocycles. The molecule has 0 unspecified atom stereocenters. The third-order valence-electron chi connectivity index (χ3n) is 3.47. The number of para-hydroxylation sites is 2. The van der Waals surface area contributed by atoms with Gasteiger partial charge in [-0.25, -0.2) is 4.79 Å². The number of ether oxygens (including phenoxy) is 2. The molecule has 128 valence electrons. The summed E-state index contributed by atoms with van der Waals surface area (Å²) in [7, 11) is 1.45. The first kappa shape index (κ1) is 18.0. The van der Waals surface area contributed by atoms with Crippen molar-refractivity contribution in [2.24, 2.45) is 0 Å². The van der Waals surface area contributed by atoms with E-state index in [2.05, 4.69) is 0 Å². The van der Waals surface area contributed by atoms with Gasteiger partial charge >= 0.3 is 5.97 Å². The Hall–Kier alpha value is -3.33. The van der Waals surface area contributed by atoms with E-state index in [1.54, 1.807) is 48.5 Å². The predicted octanol–water partition coefficient (Wildman–Crippen LogP) is 2.80. The van der Waals surface area contributed by atoms with Gasteiger partial charge in [0, 0.05) is 12.2 Å². The van der Waals surface area contributed by atoms with E-state index in [9.17, 15) is 9.59 Å². The van der Waals surface area contributed by atoms with Gasteiger partial charge in [-0.3, -0.25) is 4.79 Å². The summed E-state index contributed by atoms with van der Waals surface area (Å²) in [5.41, 5.74) is 0.900. The summed E-state index contributed by atoms with van der Waals surface area (Å²) in [6, 6.07) is 17.6. The monoisotopic (exact) mass is 338 g/mol. The van der Waals surface area contributed by atoms with E-state index < -0.39 is 18.5 Å². The molecule has 2 aromatic rings. The number of hydrogen-bond acceptors (Lipinski definition) is 5. The summed E-state index contributed by atoms with van der Waals surface area (Å²) < 4.78 is 10.2. The standard InChI is InChI=1S/C19H18N2O4/c1-24-17-11-6-5-10-16(17)19(23)25-14-18(22)21(13-7-12-20)15-8-3-2-4-9-15/h2-6,8-11H,7,13-14H2,1H3. The number of methoxy groups -OCH3 is 1. The van der Waals surface area contributed by atoms with Crippen LogP contribution < -0.4 is 9.64 Å². The first-order chi connectivity index (χ1) is 12.2. The van der Waals surface area contributed by atoms with Gasteiger partial charge in [-0.1, -0.05) is 30.3 Å². The van der Waals surface area contributed by atoms with Crippen LogP contribution in [0.15, 0.2) is 54.6 Å². The molecule has 0 spiro atoms. The lowest BCUT2D eigenvalue weighted by Crippen LogP contribution is -2.35. The van der Waals surface area contributed by atoms with Crippen molar-refractivity contribution < 1.29 is 19.1 Å². The number of nitriles is 1. The van der Waals surface area contributed by atoms with Gasteiger partial charge in [0.2, 0.25) is 0 Å². The van der Waals surface area contributed by atoms with Crippen LogP contribution >= 0.6 is 0 Å². The van der Waals surface area contributed by atoms with Gasteiger partial charge in [-0.2, -0.15) is 5.26 Å².